The third kappa shape index (κ3) is 2.97. The second-order valence-electron chi connectivity index (χ2n) is 3.38. The predicted octanol–water partition coefficient (Wildman–Crippen LogP) is 2.47. The highest BCUT2D eigenvalue weighted by molar-refractivity contribution is 8.00. The summed E-state index contributed by atoms with van der Waals surface area (Å²) >= 11 is -0.0832. The Bertz CT molecular complexity index is 542. The minimum atomic E-state index is -4.21. The summed E-state index contributed by atoms with van der Waals surface area (Å²) in [7, 11) is 0. The Kier molecular flexibility index (Phi) is 3.50. The molecule has 98 valence electrons. The van der Waals surface area contributed by atoms with E-state index in [2.05, 4.69) is 20.3 Å². The Labute approximate surface area is 104 Å². The molecular formula is C9H9F3N4OS. The van der Waals surface area contributed by atoms with Gasteiger partial charge in [-0.15, -0.1) is 0 Å². The van der Waals surface area contributed by atoms with Crippen molar-refractivity contribution in [2.75, 3.05) is 23.3 Å². The molecule has 1 heterocycles. The standard InChI is InChI=1S/C9H9F3N4OS/c10-9(11,12)18-4-3-14-6-2-1-5(13)7-8(6)16-17-15-7/h1-2,14H,3-4,13H2. The summed E-state index contributed by atoms with van der Waals surface area (Å²) in [5.41, 5.74) is 3.17. The number of benzene rings is 1. The molecule has 3 N–H and O–H groups in total. The molecule has 1 aromatic heterocycles. The number of alkyl halides is 3. The zero-order valence-corrected chi connectivity index (χ0v) is 9.81. The first-order valence-corrected chi connectivity index (χ1v) is 5.91. The highest BCUT2D eigenvalue weighted by atomic mass is 32.2. The number of hydrogen-bond acceptors (Lipinski definition) is 6. The molecule has 0 radical (unpaired) electrons. The number of nitrogens with zero attached hydrogens (tertiary/aromatic N) is 2. The van der Waals surface area contributed by atoms with Crippen LogP contribution in [-0.2, 0) is 0 Å². The van der Waals surface area contributed by atoms with E-state index in [4.69, 9.17) is 5.73 Å². The summed E-state index contributed by atoms with van der Waals surface area (Å²) in [5, 5.41) is 10.1. The van der Waals surface area contributed by atoms with Crippen LogP contribution in [0.15, 0.2) is 16.8 Å². The second-order valence-corrected chi connectivity index (χ2v) is 4.54. The number of nitrogens with one attached hydrogen (secondary N) is 1. The van der Waals surface area contributed by atoms with E-state index in [9.17, 15) is 13.2 Å². The van der Waals surface area contributed by atoms with E-state index in [1.807, 2.05) is 0 Å². The van der Waals surface area contributed by atoms with Gasteiger partial charge in [0.05, 0.1) is 11.4 Å². The van der Waals surface area contributed by atoms with Crippen LogP contribution >= 0.6 is 11.8 Å². The first-order chi connectivity index (χ1) is 8.47. The van der Waals surface area contributed by atoms with Crippen LogP contribution in [0.4, 0.5) is 24.5 Å². The second kappa shape index (κ2) is 4.92. The average Bonchev–Trinajstić information content (AvgIpc) is 2.75. The molecule has 0 aliphatic rings. The number of fused-ring (bicyclic) bond motifs is 1. The van der Waals surface area contributed by atoms with Crippen molar-refractivity contribution in [3.63, 3.8) is 0 Å². The summed E-state index contributed by atoms with van der Waals surface area (Å²) in [6.07, 6.45) is 0. The van der Waals surface area contributed by atoms with Crippen molar-refractivity contribution in [2.24, 2.45) is 0 Å². The van der Waals surface area contributed by atoms with Crippen molar-refractivity contribution >= 4 is 34.2 Å². The lowest BCUT2D eigenvalue weighted by Gasteiger charge is -2.08. The van der Waals surface area contributed by atoms with Gasteiger partial charge in [0.1, 0.15) is 0 Å². The van der Waals surface area contributed by atoms with Gasteiger partial charge in [-0.2, -0.15) is 13.2 Å². The van der Waals surface area contributed by atoms with Gasteiger partial charge in [-0.25, -0.2) is 4.63 Å². The normalized spacial score (nSPS) is 11.9. The summed E-state index contributed by atoms with van der Waals surface area (Å²) in [6.45, 7) is 0.149. The van der Waals surface area contributed by atoms with Crippen molar-refractivity contribution < 1.29 is 17.8 Å². The Morgan fingerprint density at radius 1 is 1.28 bits per heavy atom. The van der Waals surface area contributed by atoms with Crippen molar-refractivity contribution in [1.82, 2.24) is 10.3 Å². The largest absolute Gasteiger partial charge is 0.441 e. The molecule has 5 nitrogen and oxygen atoms in total. The van der Waals surface area contributed by atoms with Gasteiger partial charge in [-0.3, -0.25) is 0 Å². The highest BCUT2D eigenvalue weighted by Gasteiger charge is 2.27. The van der Waals surface area contributed by atoms with Crippen LogP contribution in [0.25, 0.3) is 11.0 Å². The number of nitrogen functional groups attached to an aromatic ring is 1. The summed E-state index contributed by atoms with van der Waals surface area (Å²) in [4.78, 5) is 0. The van der Waals surface area contributed by atoms with Crippen LogP contribution in [0.3, 0.4) is 0 Å². The molecule has 0 aliphatic carbocycles. The van der Waals surface area contributed by atoms with Crippen molar-refractivity contribution in [3.05, 3.63) is 12.1 Å². The molecule has 0 amide bonds. The van der Waals surface area contributed by atoms with Gasteiger partial charge < -0.3 is 11.1 Å². The molecule has 9 heteroatoms. The van der Waals surface area contributed by atoms with Crippen molar-refractivity contribution in [1.29, 1.82) is 0 Å². The first-order valence-electron chi connectivity index (χ1n) is 4.93. The fourth-order valence-corrected chi connectivity index (χ4v) is 1.82. The molecule has 0 spiro atoms. The van der Waals surface area contributed by atoms with Crippen LogP contribution in [0, 0.1) is 0 Å². The summed E-state index contributed by atoms with van der Waals surface area (Å²) in [6, 6.07) is 3.21. The van der Waals surface area contributed by atoms with E-state index >= 15 is 0 Å². The first kappa shape index (κ1) is 12.8. The Hall–Kier alpha value is -1.64. The molecule has 0 saturated heterocycles. The summed E-state index contributed by atoms with van der Waals surface area (Å²) < 4.78 is 40.3. The molecule has 0 aliphatic heterocycles. The molecule has 0 bridgehead atoms. The summed E-state index contributed by atoms with van der Waals surface area (Å²) in [5.74, 6) is -0.0966. The van der Waals surface area contributed by atoms with E-state index in [1.54, 1.807) is 12.1 Å². The maximum Gasteiger partial charge on any atom is 0.441 e. The number of thioether (sulfide) groups is 1. The number of aromatic nitrogens is 2. The molecule has 18 heavy (non-hydrogen) atoms. The predicted molar refractivity (Wildman–Crippen MR) is 63.2 cm³/mol. The fourth-order valence-electron chi connectivity index (χ4n) is 1.38. The minimum Gasteiger partial charge on any atom is -0.397 e. The van der Waals surface area contributed by atoms with Crippen LogP contribution in [0.5, 0.6) is 0 Å². The maximum absolute atomic E-state index is 11.9. The Morgan fingerprint density at radius 3 is 2.72 bits per heavy atom. The highest BCUT2D eigenvalue weighted by Crippen LogP contribution is 2.30. The smallest absolute Gasteiger partial charge is 0.397 e. The lowest BCUT2D eigenvalue weighted by molar-refractivity contribution is -0.0327. The number of hydrogen-bond donors (Lipinski definition) is 2. The zero-order chi connectivity index (χ0) is 13.2. The van der Waals surface area contributed by atoms with Gasteiger partial charge in [0.15, 0.2) is 11.0 Å². The molecule has 1 aromatic carbocycles. The molecule has 0 unspecified atom stereocenters. The van der Waals surface area contributed by atoms with Crippen LogP contribution in [0.1, 0.15) is 0 Å². The minimum absolute atomic E-state index is 0.0832. The van der Waals surface area contributed by atoms with Crippen LogP contribution in [-0.4, -0.2) is 28.1 Å². The topological polar surface area (TPSA) is 77.0 Å². The molecule has 0 saturated carbocycles. The van der Waals surface area contributed by atoms with E-state index in [-0.39, 0.29) is 24.1 Å². The lowest BCUT2D eigenvalue weighted by Crippen LogP contribution is -2.09. The van der Waals surface area contributed by atoms with Crippen LogP contribution in [0.2, 0.25) is 0 Å². The quantitative estimate of drug-likeness (QED) is 0.661. The van der Waals surface area contributed by atoms with Gasteiger partial charge in [-0.05, 0) is 34.2 Å². The zero-order valence-electron chi connectivity index (χ0n) is 8.99. The molecule has 2 rings (SSSR count). The SMILES string of the molecule is Nc1ccc(NCCSC(F)(F)F)c2nonc12. The molecule has 0 atom stereocenters. The third-order valence-electron chi connectivity index (χ3n) is 2.13. The average molecular weight is 278 g/mol. The number of anilines is 2. The van der Waals surface area contributed by atoms with E-state index in [0.29, 0.717) is 22.4 Å². The fraction of sp³-hybridized carbons (Fsp3) is 0.333. The molecule has 2 aromatic rings. The number of rotatable bonds is 4. The lowest BCUT2D eigenvalue weighted by atomic mass is 10.2. The Morgan fingerprint density at radius 2 is 2.00 bits per heavy atom. The van der Waals surface area contributed by atoms with Gasteiger partial charge in [-0.1, -0.05) is 0 Å². The molecule has 0 fully saturated rings. The van der Waals surface area contributed by atoms with Crippen LogP contribution < -0.4 is 11.1 Å². The van der Waals surface area contributed by atoms with Crippen molar-refractivity contribution in [2.45, 2.75) is 5.51 Å². The van der Waals surface area contributed by atoms with E-state index in [1.165, 1.54) is 0 Å². The van der Waals surface area contributed by atoms with E-state index < -0.39 is 5.51 Å². The third-order valence-corrected chi connectivity index (χ3v) is 2.87. The molecular weight excluding hydrogens is 269 g/mol. The number of nitrogens with two attached hydrogens (primary N) is 1. The maximum atomic E-state index is 11.9. The van der Waals surface area contributed by atoms with Gasteiger partial charge in [0.25, 0.3) is 0 Å². The van der Waals surface area contributed by atoms with Crippen molar-refractivity contribution in [3.8, 4) is 0 Å². The van der Waals surface area contributed by atoms with Gasteiger partial charge in [0, 0.05) is 12.3 Å². The van der Waals surface area contributed by atoms with Gasteiger partial charge >= 0.3 is 5.51 Å². The van der Waals surface area contributed by atoms with E-state index in [0.717, 1.165) is 0 Å². The van der Waals surface area contributed by atoms with Gasteiger partial charge in [0.2, 0.25) is 0 Å². The Balaban J connectivity index is 2.00. The number of halogens is 3. The monoisotopic (exact) mass is 278 g/mol.